The lowest BCUT2D eigenvalue weighted by atomic mass is 9.79. The van der Waals surface area contributed by atoms with E-state index in [0.717, 1.165) is 0 Å². The first-order chi connectivity index (χ1) is 4.06. The van der Waals surface area contributed by atoms with Crippen LogP contribution in [0.3, 0.4) is 0 Å². The third-order valence-electron chi connectivity index (χ3n) is 2.71. The fraction of sp³-hybridized carbons (Fsp3) is 1.00. The van der Waals surface area contributed by atoms with Crippen molar-refractivity contribution in [2.75, 3.05) is 0 Å². The number of hydrogen-bond donors (Lipinski definition) is 1. The zero-order valence-corrected chi connectivity index (χ0v) is 7.07. The Morgan fingerprint density at radius 2 is 1.67 bits per heavy atom. The van der Waals surface area contributed by atoms with E-state index < -0.39 is 0 Å². The highest BCUT2D eigenvalue weighted by molar-refractivity contribution is 4.79. The molecule has 9 heavy (non-hydrogen) atoms. The van der Waals surface area contributed by atoms with Crippen LogP contribution in [0, 0.1) is 5.41 Å². The zero-order chi connectivity index (χ0) is 7.49. The molecule has 0 amide bonds. The van der Waals surface area contributed by atoms with Gasteiger partial charge in [0.15, 0.2) is 0 Å². The van der Waals surface area contributed by atoms with Crippen molar-refractivity contribution in [2.24, 2.45) is 11.1 Å². The standard InChI is InChI=1S/C8H19N/c1-5-8(4,6-2)7(3)9/h7H,5-6,9H2,1-4H3/t7-/m0/s1. The van der Waals surface area contributed by atoms with Gasteiger partial charge in [0.2, 0.25) is 0 Å². The summed E-state index contributed by atoms with van der Waals surface area (Å²) in [7, 11) is 0. The van der Waals surface area contributed by atoms with Gasteiger partial charge in [-0.2, -0.15) is 0 Å². The molecule has 0 aliphatic carbocycles. The Hall–Kier alpha value is -0.0400. The minimum atomic E-state index is 0.326. The van der Waals surface area contributed by atoms with E-state index in [-0.39, 0.29) is 0 Å². The molecule has 0 aliphatic heterocycles. The summed E-state index contributed by atoms with van der Waals surface area (Å²) in [5.41, 5.74) is 6.15. The van der Waals surface area contributed by atoms with E-state index in [0.29, 0.717) is 11.5 Å². The summed E-state index contributed by atoms with van der Waals surface area (Å²) in [6.45, 7) is 8.74. The molecule has 0 aliphatic rings. The van der Waals surface area contributed by atoms with E-state index in [9.17, 15) is 0 Å². The molecule has 0 radical (unpaired) electrons. The Labute approximate surface area is 58.6 Å². The minimum absolute atomic E-state index is 0.326. The quantitative estimate of drug-likeness (QED) is 0.621. The van der Waals surface area contributed by atoms with Crippen LogP contribution >= 0.6 is 0 Å². The van der Waals surface area contributed by atoms with E-state index in [1.807, 2.05) is 0 Å². The predicted octanol–water partition coefficient (Wildman–Crippen LogP) is 2.16. The molecule has 0 aromatic rings. The number of hydrogen-bond acceptors (Lipinski definition) is 1. The summed E-state index contributed by atoms with van der Waals surface area (Å²) in [4.78, 5) is 0. The second kappa shape index (κ2) is 3.21. The largest absolute Gasteiger partial charge is 0.327 e. The van der Waals surface area contributed by atoms with Crippen LogP contribution in [0.4, 0.5) is 0 Å². The fourth-order valence-corrected chi connectivity index (χ4v) is 0.894. The SMILES string of the molecule is CCC(C)(CC)[C@H](C)N. The maximum Gasteiger partial charge on any atom is 0.00641 e. The average molecular weight is 129 g/mol. The van der Waals surface area contributed by atoms with Gasteiger partial charge in [0.1, 0.15) is 0 Å². The molecule has 0 fully saturated rings. The molecule has 1 nitrogen and oxygen atoms in total. The Morgan fingerprint density at radius 3 is 1.67 bits per heavy atom. The van der Waals surface area contributed by atoms with Crippen molar-refractivity contribution < 1.29 is 0 Å². The van der Waals surface area contributed by atoms with Gasteiger partial charge in [-0.25, -0.2) is 0 Å². The molecule has 0 saturated carbocycles. The van der Waals surface area contributed by atoms with E-state index in [2.05, 4.69) is 27.7 Å². The highest BCUT2D eigenvalue weighted by Crippen LogP contribution is 2.27. The summed E-state index contributed by atoms with van der Waals surface area (Å²) < 4.78 is 0. The van der Waals surface area contributed by atoms with Gasteiger partial charge in [0.25, 0.3) is 0 Å². The van der Waals surface area contributed by atoms with Crippen molar-refractivity contribution in [1.29, 1.82) is 0 Å². The Balaban J connectivity index is 3.92. The van der Waals surface area contributed by atoms with Crippen LogP contribution in [0.1, 0.15) is 40.5 Å². The topological polar surface area (TPSA) is 26.0 Å². The monoisotopic (exact) mass is 129 g/mol. The Kier molecular flexibility index (Phi) is 3.20. The van der Waals surface area contributed by atoms with Gasteiger partial charge < -0.3 is 5.73 Å². The second-order valence-electron chi connectivity index (χ2n) is 3.15. The van der Waals surface area contributed by atoms with Crippen LogP contribution in [0.2, 0.25) is 0 Å². The van der Waals surface area contributed by atoms with Gasteiger partial charge in [0.05, 0.1) is 0 Å². The summed E-state index contributed by atoms with van der Waals surface area (Å²) in [6.07, 6.45) is 2.36. The molecule has 56 valence electrons. The second-order valence-corrected chi connectivity index (χ2v) is 3.15. The summed E-state index contributed by atoms with van der Waals surface area (Å²) in [5.74, 6) is 0. The molecular weight excluding hydrogens is 110 g/mol. The van der Waals surface area contributed by atoms with Crippen LogP contribution in [0.5, 0.6) is 0 Å². The Bertz CT molecular complexity index is 72.6. The molecule has 0 rings (SSSR count). The van der Waals surface area contributed by atoms with Crippen molar-refractivity contribution >= 4 is 0 Å². The summed E-state index contributed by atoms with van der Waals surface area (Å²) in [5, 5.41) is 0. The smallest absolute Gasteiger partial charge is 0.00641 e. The molecule has 1 atom stereocenters. The average Bonchev–Trinajstić information content (AvgIpc) is 1.86. The van der Waals surface area contributed by atoms with Crippen molar-refractivity contribution in [1.82, 2.24) is 0 Å². The van der Waals surface area contributed by atoms with Crippen LogP contribution < -0.4 is 5.73 Å². The molecule has 0 aromatic carbocycles. The van der Waals surface area contributed by atoms with Gasteiger partial charge in [0, 0.05) is 6.04 Å². The van der Waals surface area contributed by atoms with E-state index in [1.54, 1.807) is 0 Å². The molecule has 0 heterocycles. The van der Waals surface area contributed by atoms with E-state index >= 15 is 0 Å². The molecule has 1 heteroatoms. The van der Waals surface area contributed by atoms with Crippen LogP contribution in [-0.4, -0.2) is 6.04 Å². The molecule has 0 bridgehead atoms. The maximum absolute atomic E-state index is 5.79. The van der Waals surface area contributed by atoms with Gasteiger partial charge >= 0.3 is 0 Å². The third-order valence-corrected chi connectivity index (χ3v) is 2.71. The van der Waals surface area contributed by atoms with Gasteiger partial charge in [-0.3, -0.25) is 0 Å². The van der Waals surface area contributed by atoms with Crippen LogP contribution in [0.15, 0.2) is 0 Å². The molecule has 0 unspecified atom stereocenters. The maximum atomic E-state index is 5.79. The van der Waals surface area contributed by atoms with Gasteiger partial charge in [-0.15, -0.1) is 0 Å². The van der Waals surface area contributed by atoms with Gasteiger partial charge in [-0.05, 0) is 25.2 Å². The van der Waals surface area contributed by atoms with Crippen molar-refractivity contribution in [3.63, 3.8) is 0 Å². The lowest BCUT2D eigenvalue weighted by molar-refractivity contribution is 0.245. The predicted molar refractivity (Wildman–Crippen MR) is 42.3 cm³/mol. The molecular formula is C8H19N. The minimum Gasteiger partial charge on any atom is -0.327 e. The van der Waals surface area contributed by atoms with E-state index in [4.69, 9.17) is 5.73 Å². The van der Waals surface area contributed by atoms with E-state index in [1.165, 1.54) is 12.8 Å². The van der Waals surface area contributed by atoms with Crippen LogP contribution in [0.25, 0.3) is 0 Å². The zero-order valence-electron chi connectivity index (χ0n) is 7.07. The van der Waals surface area contributed by atoms with Crippen molar-refractivity contribution in [3.8, 4) is 0 Å². The van der Waals surface area contributed by atoms with Crippen molar-refractivity contribution in [3.05, 3.63) is 0 Å². The third kappa shape index (κ3) is 1.98. The first kappa shape index (κ1) is 8.96. The Morgan fingerprint density at radius 1 is 1.33 bits per heavy atom. The van der Waals surface area contributed by atoms with Crippen LogP contribution in [-0.2, 0) is 0 Å². The number of nitrogens with two attached hydrogens (primary N) is 1. The lowest BCUT2D eigenvalue weighted by Crippen LogP contribution is -2.35. The van der Waals surface area contributed by atoms with Gasteiger partial charge in [-0.1, -0.05) is 20.8 Å². The highest BCUT2D eigenvalue weighted by Gasteiger charge is 2.23. The first-order valence-corrected chi connectivity index (χ1v) is 3.82. The molecule has 0 aromatic heterocycles. The van der Waals surface area contributed by atoms with Crippen molar-refractivity contribution in [2.45, 2.75) is 46.6 Å². The molecule has 2 N–H and O–H groups in total. The number of rotatable bonds is 3. The molecule has 0 saturated heterocycles. The normalized spacial score (nSPS) is 15.7. The molecule has 0 spiro atoms. The highest BCUT2D eigenvalue weighted by atomic mass is 14.7. The summed E-state index contributed by atoms with van der Waals surface area (Å²) >= 11 is 0. The lowest BCUT2D eigenvalue weighted by Gasteiger charge is -2.30. The fourth-order valence-electron chi connectivity index (χ4n) is 0.894. The first-order valence-electron chi connectivity index (χ1n) is 3.82. The summed E-state index contributed by atoms with van der Waals surface area (Å²) in [6, 6.07) is 0.326.